The Morgan fingerprint density at radius 2 is 1.62 bits per heavy atom. The molecule has 5 rings (SSSR count). The van der Waals surface area contributed by atoms with Crippen molar-refractivity contribution in [3.63, 3.8) is 0 Å². The van der Waals surface area contributed by atoms with Crippen molar-refractivity contribution in [1.29, 1.82) is 0 Å². The second-order valence-electron chi connectivity index (χ2n) is 11.6. The van der Waals surface area contributed by atoms with E-state index >= 15 is 0 Å². The number of benzene rings is 3. The number of carbonyl (C=O) groups excluding carboxylic acids is 4. The van der Waals surface area contributed by atoms with Crippen molar-refractivity contribution in [3.05, 3.63) is 78.4 Å². The van der Waals surface area contributed by atoms with E-state index in [1.165, 1.54) is 0 Å². The molecular formula is C32H36N4O6. The molecule has 2 aliphatic rings. The summed E-state index contributed by atoms with van der Waals surface area (Å²) >= 11 is 0. The monoisotopic (exact) mass is 572 g/mol. The summed E-state index contributed by atoms with van der Waals surface area (Å²) in [5.41, 5.74) is 0.771. The van der Waals surface area contributed by atoms with Crippen LogP contribution in [0.1, 0.15) is 32.8 Å². The molecule has 0 saturated carbocycles. The van der Waals surface area contributed by atoms with E-state index < -0.39 is 35.8 Å². The van der Waals surface area contributed by atoms with Crippen LogP contribution in [0, 0.1) is 5.92 Å². The van der Waals surface area contributed by atoms with Crippen LogP contribution in [0.25, 0.3) is 10.8 Å². The molecule has 3 aromatic rings. The number of fused-ring (bicyclic) bond motifs is 2. The largest absolute Gasteiger partial charge is 0.445 e. The fraction of sp³-hybridized carbons (Fsp3) is 0.375. The molecule has 3 unspecified atom stereocenters. The first-order chi connectivity index (χ1) is 20.1. The lowest BCUT2D eigenvalue weighted by Crippen LogP contribution is -2.48. The number of rotatable bonds is 6. The molecule has 0 radical (unpaired) electrons. The van der Waals surface area contributed by atoms with Gasteiger partial charge in [0, 0.05) is 24.2 Å². The van der Waals surface area contributed by atoms with Crippen LogP contribution >= 0.6 is 0 Å². The summed E-state index contributed by atoms with van der Waals surface area (Å²) in [4.78, 5) is 55.8. The Morgan fingerprint density at radius 1 is 0.905 bits per heavy atom. The first-order valence-electron chi connectivity index (χ1n) is 14.1. The Morgan fingerprint density at radius 3 is 2.38 bits per heavy atom. The summed E-state index contributed by atoms with van der Waals surface area (Å²) in [6.45, 7) is 5.60. The molecule has 2 N–H and O–H groups in total. The normalized spacial score (nSPS) is 19.7. The maximum absolute atomic E-state index is 13.8. The van der Waals surface area contributed by atoms with E-state index in [2.05, 4.69) is 10.6 Å². The predicted octanol–water partition coefficient (Wildman–Crippen LogP) is 4.54. The molecular weight excluding hydrogens is 536 g/mol. The van der Waals surface area contributed by atoms with Gasteiger partial charge in [-0.15, -0.1) is 0 Å². The van der Waals surface area contributed by atoms with Gasteiger partial charge >= 0.3 is 12.2 Å². The van der Waals surface area contributed by atoms with Crippen molar-refractivity contribution >= 4 is 40.5 Å². The zero-order valence-corrected chi connectivity index (χ0v) is 24.0. The van der Waals surface area contributed by atoms with Gasteiger partial charge in [0.05, 0.1) is 18.0 Å². The SMILES string of the molecule is CC(C)(C)OC(=O)N1CCC2C1C(C(=O)Nc1cccc3ccccc13)CN2C(=O)CNC(=O)OCc1ccccc1. The first kappa shape index (κ1) is 28.9. The highest BCUT2D eigenvalue weighted by Gasteiger charge is 2.54. The molecule has 10 heteroatoms. The lowest BCUT2D eigenvalue weighted by Gasteiger charge is -2.30. The summed E-state index contributed by atoms with van der Waals surface area (Å²) < 4.78 is 10.9. The van der Waals surface area contributed by atoms with Gasteiger partial charge in [-0.3, -0.25) is 9.59 Å². The zero-order valence-electron chi connectivity index (χ0n) is 24.0. The van der Waals surface area contributed by atoms with E-state index in [4.69, 9.17) is 9.47 Å². The maximum Gasteiger partial charge on any atom is 0.410 e. The molecule has 2 heterocycles. The highest BCUT2D eigenvalue weighted by atomic mass is 16.6. The van der Waals surface area contributed by atoms with Crippen LogP contribution in [0.5, 0.6) is 0 Å². The Labute approximate surface area is 244 Å². The van der Waals surface area contributed by atoms with Gasteiger partial charge in [-0.25, -0.2) is 9.59 Å². The van der Waals surface area contributed by atoms with E-state index in [9.17, 15) is 19.2 Å². The number of carbonyl (C=O) groups is 4. The molecule has 0 spiro atoms. The minimum Gasteiger partial charge on any atom is -0.445 e. The molecule has 0 aliphatic carbocycles. The summed E-state index contributed by atoms with van der Waals surface area (Å²) in [7, 11) is 0. The van der Waals surface area contributed by atoms with Crippen LogP contribution in [0.3, 0.4) is 0 Å². The molecule has 3 atom stereocenters. The molecule has 2 aliphatic heterocycles. The average molecular weight is 573 g/mol. The van der Waals surface area contributed by atoms with Crippen molar-refractivity contribution in [2.75, 3.05) is 25.0 Å². The van der Waals surface area contributed by atoms with E-state index in [1.54, 1.807) is 30.6 Å². The Balaban J connectivity index is 1.30. The predicted molar refractivity (Wildman–Crippen MR) is 158 cm³/mol. The summed E-state index contributed by atoms with van der Waals surface area (Å²) in [5, 5.41) is 7.44. The number of hydrogen-bond donors (Lipinski definition) is 2. The summed E-state index contributed by atoms with van der Waals surface area (Å²) in [6, 6.07) is 21.7. The van der Waals surface area contributed by atoms with Crippen molar-refractivity contribution < 1.29 is 28.7 Å². The van der Waals surface area contributed by atoms with Crippen molar-refractivity contribution in [2.24, 2.45) is 5.92 Å². The lowest BCUT2D eigenvalue weighted by molar-refractivity contribution is -0.131. The van der Waals surface area contributed by atoms with Crippen LogP contribution in [0.15, 0.2) is 72.8 Å². The number of anilines is 1. The molecule has 4 amide bonds. The van der Waals surface area contributed by atoms with E-state index in [-0.39, 0.29) is 31.5 Å². The molecule has 42 heavy (non-hydrogen) atoms. The molecule has 10 nitrogen and oxygen atoms in total. The van der Waals surface area contributed by atoms with Gasteiger partial charge < -0.3 is 29.9 Å². The minimum atomic E-state index is -0.714. The number of nitrogens with zero attached hydrogens (tertiary/aromatic N) is 2. The highest BCUT2D eigenvalue weighted by Crippen LogP contribution is 2.37. The number of amides is 4. The third-order valence-corrected chi connectivity index (χ3v) is 7.56. The third kappa shape index (κ3) is 6.48. The van der Waals surface area contributed by atoms with Crippen molar-refractivity contribution in [3.8, 4) is 0 Å². The van der Waals surface area contributed by atoms with E-state index in [0.717, 1.165) is 16.3 Å². The van der Waals surface area contributed by atoms with Gasteiger partial charge in [0.1, 0.15) is 18.8 Å². The van der Waals surface area contributed by atoms with Gasteiger partial charge in [0.25, 0.3) is 0 Å². The van der Waals surface area contributed by atoms with Gasteiger partial charge in [-0.05, 0) is 44.2 Å². The maximum atomic E-state index is 13.8. The number of ether oxygens (including phenoxy) is 2. The minimum absolute atomic E-state index is 0.0799. The van der Waals surface area contributed by atoms with Gasteiger partial charge in [0.15, 0.2) is 0 Å². The van der Waals surface area contributed by atoms with Gasteiger partial charge in [-0.2, -0.15) is 0 Å². The fourth-order valence-electron chi connectivity index (χ4n) is 5.72. The lowest BCUT2D eigenvalue weighted by atomic mass is 9.98. The highest BCUT2D eigenvalue weighted by molar-refractivity contribution is 6.03. The summed E-state index contributed by atoms with van der Waals surface area (Å²) in [5.74, 6) is -1.34. The van der Waals surface area contributed by atoms with E-state index in [0.29, 0.717) is 18.7 Å². The van der Waals surface area contributed by atoms with Crippen LogP contribution in [-0.2, 0) is 25.7 Å². The number of alkyl carbamates (subject to hydrolysis) is 1. The topological polar surface area (TPSA) is 117 Å². The number of likely N-dealkylation sites (tertiary alicyclic amines) is 2. The molecule has 2 fully saturated rings. The second-order valence-corrected chi connectivity index (χ2v) is 11.6. The van der Waals surface area contributed by atoms with E-state index in [1.807, 2.05) is 72.8 Å². The fourth-order valence-corrected chi connectivity index (χ4v) is 5.72. The second kappa shape index (κ2) is 12.1. The Bertz CT molecular complexity index is 1470. The van der Waals surface area contributed by atoms with Gasteiger partial charge in [-0.1, -0.05) is 66.7 Å². The summed E-state index contributed by atoms with van der Waals surface area (Å²) in [6.07, 6.45) is -0.739. The number of hydrogen-bond acceptors (Lipinski definition) is 6. The van der Waals surface area contributed by atoms with Crippen LogP contribution in [0.2, 0.25) is 0 Å². The average Bonchev–Trinajstić information content (AvgIpc) is 3.56. The van der Waals surface area contributed by atoms with Crippen molar-refractivity contribution in [2.45, 2.75) is 51.5 Å². The molecule has 0 bridgehead atoms. The van der Waals surface area contributed by atoms with Gasteiger partial charge in [0.2, 0.25) is 11.8 Å². The van der Waals surface area contributed by atoms with Crippen LogP contribution in [0.4, 0.5) is 15.3 Å². The first-order valence-corrected chi connectivity index (χ1v) is 14.1. The standard InChI is InChI=1S/C32H36N4O6/c1-32(2,3)42-31(40)35-17-16-26-28(35)24(29(38)34-25-15-9-13-22-12-7-8-14-23(22)25)19-36(26)27(37)18-33-30(39)41-20-21-10-5-4-6-11-21/h4-15,24,26,28H,16-20H2,1-3H3,(H,33,39)(H,34,38). The van der Waals surface area contributed by atoms with Crippen LogP contribution < -0.4 is 10.6 Å². The zero-order chi connectivity index (χ0) is 29.9. The molecule has 220 valence electrons. The molecule has 0 aromatic heterocycles. The molecule has 3 aromatic carbocycles. The number of nitrogens with one attached hydrogen (secondary N) is 2. The Kier molecular flexibility index (Phi) is 8.33. The molecule has 2 saturated heterocycles. The third-order valence-electron chi connectivity index (χ3n) is 7.56. The van der Waals surface area contributed by atoms with Crippen LogP contribution in [-0.4, -0.2) is 71.1 Å². The Hall–Kier alpha value is -4.60. The quantitative estimate of drug-likeness (QED) is 0.448. The van der Waals surface area contributed by atoms with Crippen molar-refractivity contribution in [1.82, 2.24) is 15.1 Å². The smallest absolute Gasteiger partial charge is 0.410 e.